The second kappa shape index (κ2) is 8.05. The number of hydrogen-bond donors (Lipinski definition) is 0. The van der Waals surface area contributed by atoms with Crippen LogP contribution >= 0.6 is 11.8 Å². The van der Waals surface area contributed by atoms with Crippen molar-refractivity contribution < 1.29 is 18.3 Å². The van der Waals surface area contributed by atoms with Gasteiger partial charge in [-0.05, 0) is 37.3 Å². The van der Waals surface area contributed by atoms with Crippen LogP contribution in [0.5, 0.6) is 0 Å². The zero-order chi connectivity index (χ0) is 20.4. The summed E-state index contributed by atoms with van der Waals surface area (Å²) >= 11 is 1.47. The maximum absolute atomic E-state index is 13.3. The SMILES string of the molecule is COC(=O)c1cc(CSc2nnc(-c3ccc(F)cc3)c3ccccc23)oc1C. The number of benzene rings is 2. The third-order valence-electron chi connectivity index (χ3n) is 4.50. The largest absolute Gasteiger partial charge is 0.465 e. The highest BCUT2D eigenvalue weighted by Gasteiger charge is 2.17. The Labute approximate surface area is 170 Å². The quantitative estimate of drug-likeness (QED) is 0.325. The molecule has 0 aliphatic carbocycles. The van der Waals surface area contributed by atoms with Gasteiger partial charge in [0.05, 0.1) is 12.9 Å². The maximum Gasteiger partial charge on any atom is 0.341 e. The molecule has 4 aromatic rings. The molecule has 0 aliphatic heterocycles. The molecule has 2 aromatic heterocycles. The molecule has 146 valence electrons. The summed E-state index contributed by atoms with van der Waals surface area (Å²) in [6.07, 6.45) is 0. The highest BCUT2D eigenvalue weighted by Crippen LogP contribution is 2.33. The molecule has 0 saturated heterocycles. The van der Waals surface area contributed by atoms with E-state index in [1.807, 2.05) is 24.3 Å². The van der Waals surface area contributed by atoms with Gasteiger partial charge in [-0.15, -0.1) is 10.2 Å². The highest BCUT2D eigenvalue weighted by molar-refractivity contribution is 7.98. The molecule has 0 bridgehead atoms. The number of aryl methyl sites for hydroxylation is 1. The smallest absolute Gasteiger partial charge is 0.341 e. The molecule has 0 unspecified atom stereocenters. The summed E-state index contributed by atoms with van der Waals surface area (Å²) in [5.74, 6) is 0.956. The average Bonchev–Trinajstić information content (AvgIpc) is 3.12. The van der Waals surface area contributed by atoms with Gasteiger partial charge in [0.15, 0.2) is 0 Å². The Morgan fingerprint density at radius 2 is 1.83 bits per heavy atom. The van der Waals surface area contributed by atoms with Crippen molar-refractivity contribution in [2.45, 2.75) is 17.7 Å². The fourth-order valence-corrected chi connectivity index (χ4v) is 3.93. The van der Waals surface area contributed by atoms with Crippen LogP contribution in [0.4, 0.5) is 4.39 Å². The fourth-order valence-electron chi connectivity index (χ4n) is 3.07. The number of carbonyl (C=O) groups is 1. The van der Waals surface area contributed by atoms with Crippen LogP contribution in [0.1, 0.15) is 21.9 Å². The van der Waals surface area contributed by atoms with E-state index in [2.05, 4.69) is 10.2 Å². The van der Waals surface area contributed by atoms with E-state index in [4.69, 9.17) is 9.15 Å². The molecule has 0 aliphatic rings. The lowest BCUT2D eigenvalue weighted by Crippen LogP contribution is -2.00. The molecule has 0 N–H and O–H groups in total. The van der Waals surface area contributed by atoms with Crippen molar-refractivity contribution in [3.05, 3.63) is 77.5 Å². The number of nitrogens with zero attached hydrogens (tertiary/aromatic N) is 2. The summed E-state index contributed by atoms with van der Waals surface area (Å²) in [4.78, 5) is 11.8. The van der Waals surface area contributed by atoms with Gasteiger partial charge in [0.2, 0.25) is 0 Å². The van der Waals surface area contributed by atoms with Crippen molar-refractivity contribution in [1.29, 1.82) is 0 Å². The maximum atomic E-state index is 13.3. The number of thioether (sulfide) groups is 1. The summed E-state index contributed by atoms with van der Waals surface area (Å²) in [5, 5.41) is 11.4. The number of esters is 1. The van der Waals surface area contributed by atoms with Crippen LogP contribution in [-0.2, 0) is 10.5 Å². The van der Waals surface area contributed by atoms with Crippen molar-refractivity contribution in [2.75, 3.05) is 7.11 Å². The molecule has 0 radical (unpaired) electrons. The minimum absolute atomic E-state index is 0.293. The van der Waals surface area contributed by atoms with E-state index in [0.29, 0.717) is 28.5 Å². The molecule has 4 rings (SSSR count). The molecular formula is C22H17FN2O3S. The van der Waals surface area contributed by atoms with Gasteiger partial charge in [-0.2, -0.15) is 0 Å². The monoisotopic (exact) mass is 408 g/mol. The Morgan fingerprint density at radius 3 is 2.55 bits per heavy atom. The number of furan rings is 1. The number of ether oxygens (including phenoxy) is 1. The minimum Gasteiger partial charge on any atom is -0.465 e. The van der Waals surface area contributed by atoms with Gasteiger partial charge < -0.3 is 9.15 Å². The second-order valence-electron chi connectivity index (χ2n) is 6.37. The molecule has 0 spiro atoms. The van der Waals surface area contributed by atoms with Gasteiger partial charge in [0.1, 0.15) is 33.6 Å². The van der Waals surface area contributed by atoms with Gasteiger partial charge in [0.25, 0.3) is 0 Å². The summed E-state index contributed by atoms with van der Waals surface area (Å²) in [6.45, 7) is 1.73. The van der Waals surface area contributed by atoms with Crippen LogP contribution in [0, 0.1) is 12.7 Å². The normalized spacial score (nSPS) is 11.0. The average molecular weight is 408 g/mol. The first-order valence-electron chi connectivity index (χ1n) is 8.88. The predicted molar refractivity (Wildman–Crippen MR) is 109 cm³/mol. The number of aromatic nitrogens is 2. The molecule has 29 heavy (non-hydrogen) atoms. The molecule has 0 fully saturated rings. The van der Waals surface area contributed by atoms with Crippen LogP contribution < -0.4 is 0 Å². The molecule has 2 heterocycles. The summed E-state index contributed by atoms with van der Waals surface area (Å²) < 4.78 is 23.7. The number of halogens is 1. The lowest BCUT2D eigenvalue weighted by molar-refractivity contribution is 0.0599. The Kier molecular flexibility index (Phi) is 5.31. The van der Waals surface area contributed by atoms with Gasteiger partial charge in [-0.25, -0.2) is 9.18 Å². The van der Waals surface area contributed by atoms with Gasteiger partial charge >= 0.3 is 5.97 Å². The fraction of sp³-hybridized carbons (Fsp3) is 0.136. The number of methoxy groups -OCH3 is 1. The van der Waals surface area contributed by atoms with E-state index >= 15 is 0 Å². The van der Waals surface area contributed by atoms with Gasteiger partial charge in [-0.3, -0.25) is 0 Å². The van der Waals surface area contributed by atoms with E-state index in [0.717, 1.165) is 21.4 Å². The molecule has 7 heteroatoms. The first-order valence-corrected chi connectivity index (χ1v) is 9.87. The zero-order valence-corrected chi connectivity index (χ0v) is 16.6. The Morgan fingerprint density at radius 1 is 1.10 bits per heavy atom. The van der Waals surface area contributed by atoms with Crippen LogP contribution in [0.2, 0.25) is 0 Å². The van der Waals surface area contributed by atoms with Crippen LogP contribution in [0.3, 0.4) is 0 Å². The molecular weight excluding hydrogens is 391 g/mol. The van der Waals surface area contributed by atoms with Crippen molar-refractivity contribution in [1.82, 2.24) is 10.2 Å². The van der Waals surface area contributed by atoms with E-state index in [1.165, 1.54) is 31.0 Å². The van der Waals surface area contributed by atoms with Crippen LogP contribution in [-0.4, -0.2) is 23.3 Å². The van der Waals surface area contributed by atoms with Crippen molar-refractivity contribution in [3.8, 4) is 11.3 Å². The summed E-state index contributed by atoms with van der Waals surface area (Å²) in [5.41, 5.74) is 1.92. The van der Waals surface area contributed by atoms with E-state index in [-0.39, 0.29) is 5.82 Å². The van der Waals surface area contributed by atoms with Crippen molar-refractivity contribution in [3.63, 3.8) is 0 Å². The highest BCUT2D eigenvalue weighted by atomic mass is 32.2. The lowest BCUT2D eigenvalue weighted by Gasteiger charge is -2.08. The zero-order valence-electron chi connectivity index (χ0n) is 15.8. The number of carbonyl (C=O) groups excluding carboxylic acids is 1. The third-order valence-corrected chi connectivity index (χ3v) is 5.50. The second-order valence-corrected chi connectivity index (χ2v) is 7.33. The van der Waals surface area contributed by atoms with Gasteiger partial charge in [0, 0.05) is 16.3 Å². The van der Waals surface area contributed by atoms with E-state index in [1.54, 1.807) is 25.1 Å². The standard InChI is InChI=1S/C22H17FN2O3S/c1-13-19(22(26)27-2)11-16(28-13)12-29-21-18-6-4-3-5-17(18)20(24-25-21)14-7-9-15(23)10-8-14/h3-11H,12H2,1-2H3. The minimum atomic E-state index is -0.420. The van der Waals surface area contributed by atoms with Crippen LogP contribution in [0.25, 0.3) is 22.0 Å². The molecule has 0 saturated carbocycles. The van der Waals surface area contributed by atoms with E-state index in [9.17, 15) is 9.18 Å². The summed E-state index contributed by atoms with van der Waals surface area (Å²) in [7, 11) is 1.34. The summed E-state index contributed by atoms with van der Waals surface area (Å²) in [6, 6.07) is 15.7. The van der Waals surface area contributed by atoms with Crippen LogP contribution in [0.15, 0.2) is 64.0 Å². The van der Waals surface area contributed by atoms with Crippen molar-refractivity contribution in [2.24, 2.45) is 0 Å². The third kappa shape index (κ3) is 3.86. The first-order chi connectivity index (χ1) is 14.1. The number of rotatable bonds is 5. The Balaban J connectivity index is 1.65. The first kappa shape index (κ1) is 19.1. The molecule has 0 atom stereocenters. The molecule has 5 nitrogen and oxygen atoms in total. The van der Waals surface area contributed by atoms with E-state index < -0.39 is 5.97 Å². The predicted octanol–water partition coefficient (Wildman–Crippen LogP) is 5.42. The Hall–Kier alpha value is -3.19. The molecule has 0 amide bonds. The lowest BCUT2D eigenvalue weighted by atomic mass is 10.1. The Bertz CT molecular complexity index is 1190. The van der Waals surface area contributed by atoms with Gasteiger partial charge in [-0.1, -0.05) is 36.0 Å². The van der Waals surface area contributed by atoms with Crippen molar-refractivity contribution >= 4 is 28.5 Å². The molecule has 2 aromatic carbocycles. The topological polar surface area (TPSA) is 65.2 Å². The number of fused-ring (bicyclic) bond motifs is 1. The number of hydrogen-bond acceptors (Lipinski definition) is 6.